The summed E-state index contributed by atoms with van der Waals surface area (Å²) >= 11 is 0. The number of nitrogens with zero attached hydrogens (tertiary/aromatic N) is 3. The highest BCUT2D eigenvalue weighted by Crippen LogP contribution is 2.30. The summed E-state index contributed by atoms with van der Waals surface area (Å²) in [5.74, 6) is 1.87. The van der Waals surface area contributed by atoms with E-state index in [1.165, 1.54) is 7.11 Å². The van der Waals surface area contributed by atoms with E-state index in [0.717, 1.165) is 16.6 Å². The van der Waals surface area contributed by atoms with Crippen molar-refractivity contribution >= 4 is 33.6 Å². The molecule has 0 unspecified atom stereocenters. The van der Waals surface area contributed by atoms with Gasteiger partial charge in [0.15, 0.2) is 11.5 Å². The van der Waals surface area contributed by atoms with Gasteiger partial charge >= 0.3 is 0 Å². The van der Waals surface area contributed by atoms with Crippen LogP contribution in [0.15, 0.2) is 71.5 Å². The lowest BCUT2D eigenvalue weighted by Gasteiger charge is -2.11. The van der Waals surface area contributed by atoms with Gasteiger partial charge in [-0.05, 0) is 48.0 Å². The van der Waals surface area contributed by atoms with Crippen molar-refractivity contribution in [3.05, 3.63) is 94.3 Å². The Bertz CT molecular complexity index is 1610. The zero-order valence-electron chi connectivity index (χ0n) is 18.2. The van der Waals surface area contributed by atoms with Gasteiger partial charge in [-0.15, -0.1) is 0 Å². The average molecular weight is 449 g/mol. The molecule has 0 saturated carbocycles. The van der Waals surface area contributed by atoms with Gasteiger partial charge in [0.2, 0.25) is 0 Å². The Morgan fingerprint density at radius 1 is 1.00 bits per heavy atom. The normalized spacial score (nSPS) is 11.5. The quantitative estimate of drug-likeness (QED) is 0.370. The van der Waals surface area contributed by atoms with Crippen LogP contribution in [0.2, 0.25) is 0 Å². The second-order valence-electron chi connectivity index (χ2n) is 7.50. The van der Waals surface area contributed by atoms with Crippen molar-refractivity contribution in [2.45, 2.75) is 6.61 Å². The molecule has 3 aromatic carbocycles. The molecule has 0 spiro atoms. The topological polar surface area (TPSA) is 117 Å². The van der Waals surface area contributed by atoms with E-state index in [2.05, 4.69) is 26.0 Å². The van der Waals surface area contributed by atoms with Crippen molar-refractivity contribution in [2.75, 3.05) is 7.11 Å². The fraction of sp³-hybridized carbons (Fsp3) is 0.0769. The van der Waals surface area contributed by atoms with E-state index < -0.39 is 0 Å². The summed E-state index contributed by atoms with van der Waals surface area (Å²) in [7, 11) is 1.54. The lowest BCUT2D eigenvalue weighted by Crippen LogP contribution is -2.13. The summed E-state index contributed by atoms with van der Waals surface area (Å²) in [5, 5.41) is 10.2. The lowest BCUT2D eigenvalue weighted by molar-refractivity contribution is 0.276. The number of hydrogen-bond acceptors (Lipinski definition) is 6. The first-order valence-corrected chi connectivity index (χ1v) is 10.5. The van der Waals surface area contributed by atoms with Gasteiger partial charge in [0, 0.05) is 0 Å². The summed E-state index contributed by atoms with van der Waals surface area (Å²) in [6, 6.07) is 22.3. The maximum Gasteiger partial charge on any atom is 0.258 e. The van der Waals surface area contributed by atoms with Crippen LogP contribution in [0.5, 0.6) is 11.5 Å². The predicted octanol–water partition coefficient (Wildman–Crippen LogP) is 4.45. The Labute approximate surface area is 194 Å². The predicted molar refractivity (Wildman–Crippen MR) is 129 cm³/mol. The Kier molecular flexibility index (Phi) is 5.50. The fourth-order valence-electron chi connectivity index (χ4n) is 3.64. The number of ether oxygens (including phenoxy) is 2. The van der Waals surface area contributed by atoms with Crippen LogP contribution in [0.4, 0.5) is 0 Å². The number of fused-ring (bicyclic) bond motifs is 2. The van der Waals surface area contributed by atoms with Crippen molar-refractivity contribution in [3.8, 4) is 17.6 Å². The van der Waals surface area contributed by atoms with E-state index in [1.54, 1.807) is 36.4 Å². The number of rotatable bonds is 6. The van der Waals surface area contributed by atoms with Gasteiger partial charge in [-0.25, -0.2) is 9.97 Å². The van der Waals surface area contributed by atoms with Crippen LogP contribution >= 0.6 is 0 Å². The number of aromatic amines is 2. The Balaban J connectivity index is 1.39. The molecule has 2 N–H and O–H groups in total. The van der Waals surface area contributed by atoms with Crippen molar-refractivity contribution in [1.29, 1.82) is 5.26 Å². The highest BCUT2D eigenvalue weighted by molar-refractivity contribution is 5.90. The van der Waals surface area contributed by atoms with Crippen LogP contribution in [0.3, 0.4) is 0 Å². The first-order valence-electron chi connectivity index (χ1n) is 10.5. The standard InChI is InChI=1S/C26H19N5O3/c1-33-23-13-16(12-17(14-27)25-29-20-8-4-5-9-21(20)30-25)10-11-22(23)34-15-24-28-19-7-3-2-6-18(19)26(32)31-24/h2-13H,15H2,1H3,(H,29,30)(H,28,31,32)/b17-12+. The van der Waals surface area contributed by atoms with Crippen molar-refractivity contribution in [3.63, 3.8) is 0 Å². The highest BCUT2D eigenvalue weighted by Gasteiger charge is 2.11. The van der Waals surface area contributed by atoms with Gasteiger partial charge < -0.3 is 19.4 Å². The van der Waals surface area contributed by atoms with E-state index in [-0.39, 0.29) is 12.2 Å². The molecule has 8 nitrogen and oxygen atoms in total. The smallest absolute Gasteiger partial charge is 0.258 e. The first-order chi connectivity index (χ1) is 16.6. The van der Waals surface area contributed by atoms with Crippen LogP contribution in [0, 0.1) is 11.3 Å². The third kappa shape index (κ3) is 4.10. The monoisotopic (exact) mass is 449 g/mol. The van der Waals surface area contributed by atoms with Gasteiger partial charge in [0.05, 0.1) is 34.6 Å². The number of methoxy groups -OCH3 is 1. The molecule has 2 aromatic heterocycles. The summed E-state index contributed by atoms with van der Waals surface area (Å²) in [6.45, 7) is 0.0635. The number of hydrogen-bond donors (Lipinski definition) is 2. The Morgan fingerprint density at radius 2 is 1.79 bits per heavy atom. The molecule has 34 heavy (non-hydrogen) atoms. The van der Waals surface area contributed by atoms with Crippen LogP contribution < -0.4 is 15.0 Å². The summed E-state index contributed by atoms with van der Waals surface area (Å²) in [4.78, 5) is 27.1. The number of benzene rings is 3. The molecule has 0 amide bonds. The zero-order chi connectivity index (χ0) is 23.5. The molecule has 8 heteroatoms. The fourth-order valence-corrected chi connectivity index (χ4v) is 3.64. The molecule has 0 bridgehead atoms. The average Bonchev–Trinajstić information content (AvgIpc) is 3.30. The number of imidazole rings is 1. The summed E-state index contributed by atoms with van der Waals surface area (Å²) < 4.78 is 11.4. The third-order valence-electron chi connectivity index (χ3n) is 5.29. The first kappa shape index (κ1) is 21.0. The van der Waals surface area contributed by atoms with E-state index in [1.807, 2.05) is 36.4 Å². The number of H-pyrrole nitrogens is 2. The number of allylic oxidation sites excluding steroid dienone is 1. The Morgan fingerprint density at radius 3 is 2.59 bits per heavy atom. The minimum Gasteiger partial charge on any atom is -0.493 e. The van der Waals surface area contributed by atoms with Crippen LogP contribution in [0.25, 0.3) is 33.6 Å². The molecular weight excluding hydrogens is 430 g/mol. The molecule has 0 aliphatic carbocycles. The molecule has 5 aromatic rings. The maximum atomic E-state index is 12.3. The van der Waals surface area contributed by atoms with E-state index in [9.17, 15) is 10.1 Å². The molecule has 5 rings (SSSR count). The Hall–Kier alpha value is -4.90. The molecule has 0 atom stereocenters. The number of nitrogens with one attached hydrogen (secondary N) is 2. The minimum atomic E-state index is -0.216. The van der Waals surface area contributed by atoms with Crippen molar-refractivity contribution < 1.29 is 9.47 Å². The molecule has 0 saturated heterocycles. The molecule has 2 heterocycles. The van der Waals surface area contributed by atoms with Gasteiger partial charge in [-0.1, -0.05) is 30.3 Å². The lowest BCUT2D eigenvalue weighted by atomic mass is 10.1. The minimum absolute atomic E-state index is 0.0635. The largest absolute Gasteiger partial charge is 0.493 e. The van der Waals surface area contributed by atoms with Gasteiger partial charge in [-0.3, -0.25) is 4.79 Å². The molecule has 0 aliphatic heterocycles. The van der Waals surface area contributed by atoms with E-state index in [4.69, 9.17) is 9.47 Å². The van der Waals surface area contributed by atoms with E-state index >= 15 is 0 Å². The number of aromatic nitrogens is 4. The van der Waals surface area contributed by atoms with Crippen LogP contribution in [0.1, 0.15) is 17.2 Å². The van der Waals surface area contributed by atoms with E-state index in [0.29, 0.717) is 39.6 Å². The summed E-state index contributed by atoms with van der Waals surface area (Å²) in [5.41, 5.74) is 3.18. The van der Waals surface area contributed by atoms with Crippen LogP contribution in [-0.2, 0) is 6.61 Å². The van der Waals surface area contributed by atoms with Crippen molar-refractivity contribution in [1.82, 2.24) is 19.9 Å². The highest BCUT2D eigenvalue weighted by atomic mass is 16.5. The second-order valence-corrected chi connectivity index (χ2v) is 7.50. The van der Waals surface area contributed by atoms with Gasteiger partial charge in [0.25, 0.3) is 5.56 Å². The molecule has 0 radical (unpaired) electrons. The van der Waals surface area contributed by atoms with Gasteiger partial charge in [-0.2, -0.15) is 5.26 Å². The van der Waals surface area contributed by atoms with Gasteiger partial charge in [0.1, 0.15) is 24.3 Å². The third-order valence-corrected chi connectivity index (χ3v) is 5.29. The maximum absolute atomic E-state index is 12.3. The molecule has 0 fully saturated rings. The molecular formula is C26H19N5O3. The number of nitriles is 1. The zero-order valence-corrected chi connectivity index (χ0v) is 18.2. The number of para-hydroxylation sites is 3. The SMILES string of the molecule is COc1cc(/C=C(\C#N)c2nc3ccccc3[nH]2)ccc1OCc1nc2ccccc2c(=O)[nH]1. The van der Waals surface area contributed by atoms with Crippen molar-refractivity contribution in [2.24, 2.45) is 0 Å². The van der Waals surface area contributed by atoms with Crippen LogP contribution in [-0.4, -0.2) is 27.0 Å². The molecule has 166 valence electrons. The molecule has 0 aliphatic rings. The second kappa shape index (κ2) is 8.92. The summed E-state index contributed by atoms with van der Waals surface area (Å²) in [6.07, 6.45) is 1.73.